The van der Waals surface area contributed by atoms with Gasteiger partial charge in [-0.25, -0.2) is 4.79 Å². The van der Waals surface area contributed by atoms with E-state index in [1.165, 1.54) is 11.9 Å². The number of carboxylic acid groups (broad SMARTS) is 1. The molecule has 2 fully saturated rings. The molecule has 1 heterocycles. The maximum Gasteiger partial charge on any atom is 0.327 e. The lowest BCUT2D eigenvalue weighted by Crippen LogP contribution is -2.47. The predicted molar refractivity (Wildman–Crippen MR) is 71.3 cm³/mol. The molecule has 0 aromatic rings. The molecule has 2 aliphatic rings. The van der Waals surface area contributed by atoms with Gasteiger partial charge >= 0.3 is 12.0 Å². The molecule has 1 saturated carbocycles. The standard InChI is InChI=1S/C13H19N3O5/c1-15-7-10(18)16(12(15)21)6-9(17)14-8-13(3-2-4-13)5-11(19)20/h2-8H2,1H3,(H,14,17)(H,19,20). The number of carboxylic acids is 1. The molecule has 2 N–H and O–H groups in total. The molecular formula is C13H19N3O5. The third-order valence-corrected chi connectivity index (χ3v) is 4.13. The van der Waals surface area contributed by atoms with E-state index in [9.17, 15) is 19.2 Å². The first-order valence-corrected chi connectivity index (χ1v) is 6.87. The van der Waals surface area contributed by atoms with Crippen molar-refractivity contribution in [2.45, 2.75) is 25.7 Å². The van der Waals surface area contributed by atoms with Crippen LogP contribution < -0.4 is 5.32 Å². The molecule has 1 saturated heterocycles. The van der Waals surface area contributed by atoms with Crippen LogP contribution in [0.15, 0.2) is 0 Å². The number of nitrogens with one attached hydrogen (secondary N) is 1. The van der Waals surface area contributed by atoms with E-state index in [0.29, 0.717) is 0 Å². The summed E-state index contributed by atoms with van der Waals surface area (Å²) in [5.41, 5.74) is -0.378. The number of nitrogens with zero attached hydrogens (tertiary/aromatic N) is 2. The van der Waals surface area contributed by atoms with Crippen LogP contribution in [0, 0.1) is 5.41 Å². The Morgan fingerprint density at radius 2 is 2.00 bits per heavy atom. The normalized spacial score (nSPS) is 20.4. The van der Waals surface area contributed by atoms with Gasteiger partial charge in [0.05, 0.1) is 6.42 Å². The maximum absolute atomic E-state index is 11.8. The van der Waals surface area contributed by atoms with Crippen LogP contribution in [0.2, 0.25) is 0 Å². The Morgan fingerprint density at radius 3 is 2.43 bits per heavy atom. The van der Waals surface area contributed by atoms with Crippen LogP contribution >= 0.6 is 0 Å². The van der Waals surface area contributed by atoms with Crippen molar-refractivity contribution < 1.29 is 24.3 Å². The molecule has 0 aromatic carbocycles. The number of urea groups is 1. The summed E-state index contributed by atoms with van der Waals surface area (Å²) in [5, 5.41) is 11.5. The summed E-state index contributed by atoms with van der Waals surface area (Å²) < 4.78 is 0. The zero-order chi connectivity index (χ0) is 15.6. The summed E-state index contributed by atoms with van der Waals surface area (Å²) in [4.78, 5) is 48.0. The van der Waals surface area contributed by atoms with Crippen molar-refractivity contribution in [2.24, 2.45) is 5.41 Å². The lowest BCUT2D eigenvalue weighted by molar-refractivity contribution is -0.141. The molecule has 0 radical (unpaired) electrons. The smallest absolute Gasteiger partial charge is 0.327 e. The Kier molecular flexibility index (Phi) is 4.15. The third-order valence-electron chi connectivity index (χ3n) is 4.13. The molecule has 8 heteroatoms. The van der Waals surface area contributed by atoms with E-state index in [2.05, 4.69) is 5.32 Å². The van der Waals surface area contributed by atoms with Gasteiger partial charge in [0.1, 0.15) is 13.1 Å². The van der Waals surface area contributed by atoms with Gasteiger partial charge in [-0.05, 0) is 18.3 Å². The molecule has 0 spiro atoms. The van der Waals surface area contributed by atoms with Crippen LogP contribution in [-0.2, 0) is 14.4 Å². The summed E-state index contributed by atoms with van der Waals surface area (Å²) in [6.07, 6.45) is 2.52. The SMILES string of the molecule is CN1CC(=O)N(CC(=O)NCC2(CC(=O)O)CCC2)C1=O. The average molecular weight is 297 g/mol. The van der Waals surface area contributed by atoms with Crippen molar-refractivity contribution in [3.8, 4) is 0 Å². The zero-order valence-electron chi connectivity index (χ0n) is 11.9. The number of likely N-dealkylation sites (N-methyl/N-ethyl adjacent to an activating group) is 1. The minimum absolute atomic E-state index is 0.0188. The Balaban J connectivity index is 1.83. The van der Waals surface area contributed by atoms with Crippen LogP contribution in [-0.4, -0.2) is 65.4 Å². The fourth-order valence-corrected chi connectivity index (χ4v) is 2.72. The summed E-state index contributed by atoms with van der Waals surface area (Å²) in [5.74, 6) is -1.72. The number of amides is 4. The molecule has 0 atom stereocenters. The Bertz CT molecular complexity index is 486. The zero-order valence-corrected chi connectivity index (χ0v) is 11.9. The number of aliphatic carboxylic acids is 1. The molecule has 0 bridgehead atoms. The van der Waals surface area contributed by atoms with Crippen LogP contribution in [0.4, 0.5) is 4.79 Å². The van der Waals surface area contributed by atoms with Crippen LogP contribution in [0.25, 0.3) is 0 Å². The molecule has 1 aliphatic heterocycles. The number of carbonyl (C=O) groups is 4. The van der Waals surface area contributed by atoms with Crippen LogP contribution in [0.1, 0.15) is 25.7 Å². The molecule has 116 valence electrons. The topological polar surface area (TPSA) is 107 Å². The van der Waals surface area contributed by atoms with E-state index in [1.807, 2.05) is 0 Å². The summed E-state index contributed by atoms with van der Waals surface area (Å²) in [6, 6.07) is -0.487. The molecule has 0 unspecified atom stereocenters. The van der Waals surface area contributed by atoms with Crippen LogP contribution in [0.5, 0.6) is 0 Å². The van der Waals surface area contributed by atoms with Gasteiger partial charge in [0, 0.05) is 13.6 Å². The number of hydrogen-bond donors (Lipinski definition) is 2. The molecule has 0 aromatic heterocycles. The van der Waals surface area contributed by atoms with Crippen molar-refractivity contribution >= 4 is 23.8 Å². The van der Waals surface area contributed by atoms with Gasteiger partial charge in [-0.15, -0.1) is 0 Å². The maximum atomic E-state index is 11.8. The van der Waals surface area contributed by atoms with Crippen molar-refractivity contribution in [3.63, 3.8) is 0 Å². The molecule has 2 rings (SSSR count). The largest absolute Gasteiger partial charge is 0.481 e. The summed E-state index contributed by atoms with van der Waals surface area (Å²) in [7, 11) is 1.49. The molecule has 1 aliphatic carbocycles. The molecule has 21 heavy (non-hydrogen) atoms. The first-order chi connectivity index (χ1) is 9.83. The molecule has 8 nitrogen and oxygen atoms in total. The fourth-order valence-electron chi connectivity index (χ4n) is 2.72. The van der Waals surface area contributed by atoms with E-state index in [0.717, 1.165) is 24.2 Å². The Morgan fingerprint density at radius 1 is 1.33 bits per heavy atom. The molecule has 4 amide bonds. The van der Waals surface area contributed by atoms with Crippen molar-refractivity contribution in [3.05, 3.63) is 0 Å². The van der Waals surface area contributed by atoms with E-state index in [1.54, 1.807) is 0 Å². The Hall–Kier alpha value is -2.12. The van der Waals surface area contributed by atoms with Crippen molar-refractivity contribution in [1.82, 2.24) is 15.1 Å². The number of imide groups is 1. The predicted octanol–water partition coefficient (Wildman–Crippen LogP) is -0.358. The minimum atomic E-state index is -0.879. The quantitative estimate of drug-likeness (QED) is 0.651. The van der Waals surface area contributed by atoms with Gasteiger partial charge < -0.3 is 15.3 Å². The number of hydrogen-bond acceptors (Lipinski definition) is 4. The van der Waals surface area contributed by atoms with Gasteiger partial charge in [-0.3, -0.25) is 19.3 Å². The second-order valence-electron chi connectivity index (χ2n) is 5.82. The average Bonchev–Trinajstić information content (AvgIpc) is 2.59. The second kappa shape index (κ2) is 5.71. The lowest BCUT2D eigenvalue weighted by atomic mass is 9.66. The van der Waals surface area contributed by atoms with Crippen molar-refractivity contribution in [1.29, 1.82) is 0 Å². The van der Waals surface area contributed by atoms with Gasteiger partial charge in [0.25, 0.3) is 5.91 Å². The summed E-state index contributed by atoms with van der Waals surface area (Å²) in [6.45, 7) is -0.0651. The van der Waals surface area contributed by atoms with E-state index in [-0.39, 0.29) is 31.5 Å². The second-order valence-corrected chi connectivity index (χ2v) is 5.82. The number of carbonyl (C=O) groups excluding carboxylic acids is 3. The minimum Gasteiger partial charge on any atom is -0.481 e. The number of rotatable bonds is 6. The van der Waals surface area contributed by atoms with Crippen molar-refractivity contribution in [2.75, 3.05) is 26.7 Å². The highest BCUT2D eigenvalue weighted by Gasteiger charge is 2.40. The fraction of sp³-hybridized carbons (Fsp3) is 0.692. The first kappa shape index (κ1) is 15.3. The van der Waals surface area contributed by atoms with Gasteiger partial charge in [-0.1, -0.05) is 6.42 Å². The summed E-state index contributed by atoms with van der Waals surface area (Å²) >= 11 is 0. The highest BCUT2D eigenvalue weighted by Crippen LogP contribution is 2.43. The van der Waals surface area contributed by atoms with Gasteiger partial charge in [-0.2, -0.15) is 0 Å². The van der Waals surface area contributed by atoms with E-state index < -0.39 is 23.8 Å². The highest BCUT2D eigenvalue weighted by atomic mass is 16.4. The third kappa shape index (κ3) is 3.32. The van der Waals surface area contributed by atoms with Crippen LogP contribution in [0.3, 0.4) is 0 Å². The van der Waals surface area contributed by atoms with E-state index >= 15 is 0 Å². The van der Waals surface area contributed by atoms with E-state index in [4.69, 9.17) is 5.11 Å². The van der Waals surface area contributed by atoms with Gasteiger partial charge in [0.2, 0.25) is 5.91 Å². The highest BCUT2D eigenvalue weighted by molar-refractivity contribution is 6.04. The monoisotopic (exact) mass is 297 g/mol. The first-order valence-electron chi connectivity index (χ1n) is 6.87. The van der Waals surface area contributed by atoms with Gasteiger partial charge in [0.15, 0.2) is 0 Å². The lowest BCUT2D eigenvalue weighted by Gasteiger charge is -2.40. The Labute approximate surface area is 122 Å². The molecular weight excluding hydrogens is 278 g/mol.